The first kappa shape index (κ1) is 15.6. The molecule has 0 saturated heterocycles. The molecule has 0 fully saturated rings. The van der Waals surface area contributed by atoms with Gasteiger partial charge in [0, 0.05) is 5.02 Å². The molecule has 21 heavy (non-hydrogen) atoms. The third-order valence-corrected chi connectivity index (χ3v) is 3.45. The first-order valence-corrected chi connectivity index (χ1v) is 7.12. The van der Waals surface area contributed by atoms with Gasteiger partial charge in [0.15, 0.2) is 0 Å². The van der Waals surface area contributed by atoms with E-state index in [0.717, 1.165) is 5.76 Å². The maximum absolute atomic E-state index is 11.9. The third kappa shape index (κ3) is 4.34. The van der Waals surface area contributed by atoms with Crippen molar-refractivity contribution in [3.8, 4) is 0 Å². The molecule has 0 aliphatic carbocycles. The van der Waals surface area contributed by atoms with E-state index in [1.807, 2.05) is 26.0 Å². The first-order chi connectivity index (χ1) is 9.95. The van der Waals surface area contributed by atoms with Gasteiger partial charge in [-0.2, -0.15) is 0 Å². The summed E-state index contributed by atoms with van der Waals surface area (Å²) in [4.78, 5) is 11.9. The van der Waals surface area contributed by atoms with Crippen LogP contribution in [-0.4, -0.2) is 11.0 Å². The molecule has 2 N–H and O–H groups in total. The van der Waals surface area contributed by atoms with Gasteiger partial charge in [-0.3, -0.25) is 4.79 Å². The Labute approximate surface area is 128 Å². The van der Waals surface area contributed by atoms with Gasteiger partial charge in [0.05, 0.1) is 18.6 Å². The Kier molecular flexibility index (Phi) is 5.04. The minimum atomic E-state index is -0.854. The Bertz CT molecular complexity index is 606. The van der Waals surface area contributed by atoms with Gasteiger partial charge >= 0.3 is 0 Å². The highest BCUT2D eigenvalue weighted by molar-refractivity contribution is 6.30. The van der Waals surface area contributed by atoms with Crippen molar-refractivity contribution in [2.24, 2.45) is 0 Å². The molecule has 112 valence electrons. The van der Waals surface area contributed by atoms with Gasteiger partial charge in [-0.25, -0.2) is 0 Å². The molecular weight excluding hydrogens is 290 g/mol. The summed E-state index contributed by atoms with van der Waals surface area (Å²) in [6.07, 6.45) is -0.862. The smallest absolute Gasteiger partial charge is 0.223 e. The Morgan fingerprint density at radius 1 is 1.29 bits per heavy atom. The van der Waals surface area contributed by atoms with Gasteiger partial charge in [0.1, 0.15) is 11.5 Å². The summed E-state index contributed by atoms with van der Waals surface area (Å²) >= 11 is 5.79. The predicted molar refractivity (Wildman–Crippen MR) is 81.0 cm³/mol. The second kappa shape index (κ2) is 6.78. The van der Waals surface area contributed by atoms with Crippen LogP contribution in [0.5, 0.6) is 0 Å². The lowest BCUT2D eigenvalue weighted by atomic mass is 10.1. The average Bonchev–Trinajstić information content (AvgIpc) is 2.86. The molecule has 0 aliphatic rings. The number of hydrogen-bond acceptors (Lipinski definition) is 3. The number of rotatable bonds is 5. The molecule has 0 aliphatic heterocycles. The Hall–Kier alpha value is -1.78. The maximum Gasteiger partial charge on any atom is 0.223 e. The van der Waals surface area contributed by atoms with Gasteiger partial charge in [-0.05, 0) is 43.7 Å². The normalized spacial score (nSPS) is 13.7. The number of hydrogen-bond donors (Lipinski definition) is 2. The van der Waals surface area contributed by atoms with E-state index in [1.54, 1.807) is 24.3 Å². The van der Waals surface area contributed by atoms with Crippen LogP contribution in [0.2, 0.25) is 5.02 Å². The molecule has 2 unspecified atom stereocenters. The fraction of sp³-hybridized carbons (Fsp3) is 0.312. The minimum absolute atomic E-state index is 0.00827. The lowest BCUT2D eigenvalue weighted by molar-refractivity contribution is -0.123. The van der Waals surface area contributed by atoms with Crippen molar-refractivity contribution < 1.29 is 14.3 Å². The second-order valence-corrected chi connectivity index (χ2v) is 5.45. The van der Waals surface area contributed by atoms with Crippen molar-refractivity contribution in [1.29, 1.82) is 0 Å². The van der Waals surface area contributed by atoms with E-state index in [2.05, 4.69) is 5.32 Å². The predicted octanol–water partition coefficient (Wildman–Crippen LogP) is 3.54. The largest absolute Gasteiger partial charge is 0.464 e. The molecule has 0 saturated carbocycles. The highest BCUT2D eigenvalue weighted by Crippen LogP contribution is 2.20. The number of carbonyl (C=O) groups is 1. The number of benzene rings is 1. The number of carbonyl (C=O) groups excluding carboxylic acids is 1. The minimum Gasteiger partial charge on any atom is -0.464 e. The molecule has 2 aromatic rings. The summed E-state index contributed by atoms with van der Waals surface area (Å²) in [5.41, 5.74) is 0.663. The lowest BCUT2D eigenvalue weighted by Gasteiger charge is -2.14. The van der Waals surface area contributed by atoms with Crippen LogP contribution in [-0.2, 0) is 4.79 Å². The Morgan fingerprint density at radius 2 is 1.95 bits per heavy atom. The topological polar surface area (TPSA) is 62.5 Å². The summed E-state index contributed by atoms with van der Waals surface area (Å²) in [5, 5.41) is 13.4. The van der Waals surface area contributed by atoms with Gasteiger partial charge in [-0.1, -0.05) is 23.7 Å². The van der Waals surface area contributed by atoms with Gasteiger partial charge in [0.25, 0.3) is 0 Å². The number of halogens is 1. The van der Waals surface area contributed by atoms with Crippen LogP contribution in [0.4, 0.5) is 0 Å². The van der Waals surface area contributed by atoms with Crippen molar-refractivity contribution in [3.05, 3.63) is 58.5 Å². The second-order valence-electron chi connectivity index (χ2n) is 5.01. The van der Waals surface area contributed by atoms with Crippen molar-refractivity contribution in [2.45, 2.75) is 32.4 Å². The van der Waals surface area contributed by atoms with E-state index in [-0.39, 0.29) is 18.4 Å². The van der Waals surface area contributed by atoms with E-state index < -0.39 is 6.10 Å². The molecule has 0 spiro atoms. The number of nitrogens with one attached hydrogen (secondary N) is 1. The molecule has 1 aromatic carbocycles. The molecule has 1 heterocycles. The number of aliphatic hydroxyl groups excluding tert-OH is 1. The first-order valence-electron chi connectivity index (χ1n) is 6.75. The molecule has 0 radical (unpaired) electrons. The van der Waals surface area contributed by atoms with Crippen LogP contribution in [0.1, 0.15) is 42.6 Å². The van der Waals surface area contributed by atoms with Crippen LogP contribution in [0, 0.1) is 6.92 Å². The number of amides is 1. The molecule has 2 atom stereocenters. The van der Waals surface area contributed by atoms with E-state index in [4.69, 9.17) is 16.0 Å². The summed E-state index contributed by atoms with van der Waals surface area (Å²) in [6, 6.07) is 10.2. The fourth-order valence-corrected chi connectivity index (χ4v) is 2.16. The van der Waals surface area contributed by atoms with Crippen LogP contribution >= 0.6 is 11.6 Å². The summed E-state index contributed by atoms with van der Waals surface area (Å²) in [7, 11) is 0. The van der Waals surface area contributed by atoms with E-state index in [0.29, 0.717) is 16.3 Å². The van der Waals surface area contributed by atoms with Gasteiger partial charge in [0.2, 0.25) is 5.91 Å². The van der Waals surface area contributed by atoms with E-state index >= 15 is 0 Å². The lowest BCUT2D eigenvalue weighted by Crippen LogP contribution is -2.27. The summed E-state index contributed by atoms with van der Waals surface area (Å²) in [6.45, 7) is 3.69. The molecule has 5 heteroatoms. The Balaban J connectivity index is 1.90. The van der Waals surface area contributed by atoms with Crippen LogP contribution in [0.15, 0.2) is 40.8 Å². The zero-order valence-electron chi connectivity index (χ0n) is 12.0. The zero-order valence-corrected chi connectivity index (χ0v) is 12.7. The number of aliphatic hydroxyl groups is 1. The van der Waals surface area contributed by atoms with E-state index in [9.17, 15) is 9.90 Å². The van der Waals surface area contributed by atoms with Crippen molar-refractivity contribution in [2.75, 3.05) is 0 Å². The zero-order chi connectivity index (χ0) is 15.4. The fourth-order valence-electron chi connectivity index (χ4n) is 2.04. The molecule has 4 nitrogen and oxygen atoms in total. The summed E-state index contributed by atoms with van der Waals surface area (Å²) < 4.78 is 5.46. The van der Waals surface area contributed by atoms with Crippen molar-refractivity contribution in [3.63, 3.8) is 0 Å². The SMILES string of the molecule is Cc1ccc(C(C)NC(=O)CC(O)c2ccc(Cl)cc2)o1. The number of aryl methyl sites for hydroxylation is 1. The van der Waals surface area contributed by atoms with Crippen molar-refractivity contribution in [1.82, 2.24) is 5.32 Å². The molecule has 2 rings (SSSR count). The van der Waals surface area contributed by atoms with E-state index in [1.165, 1.54) is 0 Å². The third-order valence-electron chi connectivity index (χ3n) is 3.20. The van der Waals surface area contributed by atoms with Gasteiger partial charge in [-0.15, -0.1) is 0 Å². The maximum atomic E-state index is 11.9. The van der Waals surface area contributed by atoms with Crippen LogP contribution in [0.3, 0.4) is 0 Å². The standard InChI is InChI=1S/C16H18ClNO3/c1-10-3-8-15(21-10)11(2)18-16(20)9-14(19)12-4-6-13(17)7-5-12/h3-8,11,14,19H,9H2,1-2H3,(H,18,20). The Morgan fingerprint density at radius 3 is 2.52 bits per heavy atom. The van der Waals surface area contributed by atoms with Gasteiger partial charge < -0.3 is 14.8 Å². The molecule has 0 bridgehead atoms. The monoisotopic (exact) mass is 307 g/mol. The summed E-state index contributed by atoms with van der Waals surface area (Å²) in [5.74, 6) is 1.26. The molecular formula is C16H18ClNO3. The molecule has 1 aromatic heterocycles. The van der Waals surface area contributed by atoms with Crippen LogP contribution < -0.4 is 5.32 Å². The van der Waals surface area contributed by atoms with Crippen LogP contribution in [0.25, 0.3) is 0 Å². The quantitative estimate of drug-likeness (QED) is 0.888. The van der Waals surface area contributed by atoms with Crippen molar-refractivity contribution >= 4 is 17.5 Å². The molecule has 1 amide bonds. The number of furan rings is 1. The highest BCUT2D eigenvalue weighted by atomic mass is 35.5. The average molecular weight is 308 g/mol. The highest BCUT2D eigenvalue weighted by Gasteiger charge is 2.17.